The van der Waals surface area contributed by atoms with Crippen LogP contribution in [-0.2, 0) is 21.1 Å². The number of anilines is 2. The van der Waals surface area contributed by atoms with Gasteiger partial charge in [0, 0.05) is 37.5 Å². The smallest absolute Gasteiger partial charge is 0.270 e. The van der Waals surface area contributed by atoms with Crippen LogP contribution < -0.4 is 10.6 Å². The molecule has 0 radical (unpaired) electrons. The third kappa shape index (κ3) is 5.28. The van der Waals surface area contributed by atoms with Crippen LogP contribution in [0.3, 0.4) is 0 Å². The number of amides is 1. The Morgan fingerprint density at radius 2 is 1.81 bits per heavy atom. The Hall–Kier alpha value is -2.94. The number of sulfone groups is 1. The summed E-state index contributed by atoms with van der Waals surface area (Å²) in [5.74, 6) is -0.147. The number of nitrogens with zero attached hydrogens (tertiary/aromatic N) is 1. The molecule has 0 aliphatic heterocycles. The second-order valence-corrected chi connectivity index (χ2v) is 7.75. The highest BCUT2D eigenvalue weighted by molar-refractivity contribution is 7.90. The first kappa shape index (κ1) is 19.4. The molecule has 0 aliphatic carbocycles. The van der Waals surface area contributed by atoms with Crippen LogP contribution in [0.4, 0.5) is 17.1 Å². The van der Waals surface area contributed by atoms with Gasteiger partial charge < -0.3 is 10.6 Å². The monoisotopic (exact) mass is 377 g/mol. The zero-order valence-electron chi connectivity index (χ0n) is 14.4. The third-order valence-corrected chi connectivity index (χ3v) is 4.72. The minimum Gasteiger partial charge on any atom is -0.384 e. The van der Waals surface area contributed by atoms with Gasteiger partial charge in [-0.05, 0) is 30.2 Å². The molecule has 0 aromatic heterocycles. The second-order valence-electron chi connectivity index (χ2n) is 5.76. The van der Waals surface area contributed by atoms with E-state index in [-0.39, 0.29) is 16.5 Å². The van der Waals surface area contributed by atoms with E-state index in [2.05, 4.69) is 10.6 Å². The number of non-ortho nitro benzene ring substituents is 1. The number of nitrogens with one attached hydrogen (secondary N) is 2. The van der Waals surface area contributed by atoms with E-state index in [1.807, 2.05) is 12.1 Å². The molecule has 0 heterocycles. The molecule has 26 heavy (non-hydrogen) atoms. The highest BCUT2D eigenvalue weighted by Crippen LogP contribution is 2.26. The Balaban J connectivity index is 2.07. The van der Waals surface area contributed by atoms with Gasteiger partial charge in [-0.1, -0.05) is 12.1 Å². The van der Waals surface area contributed by atoms with E-state index in [1.54, 1.807) is 12.1 Å². The van der Waals surface area contributed by atoms with Gasteiger partial charge in [-0.15, -0.1) is 0 Å². The third-order valence-electron chi connectivity index (χ3n) is 3.58. The zero-order valence-corrected chi connectivity index (χ0v) is 15.2. The first-order valence-electron chi connectivity index (χ1n) is 7.76. The molecule has 2 rings (SSSR count). The molecule has 2 aromatic rings. The lowest BCUT2D eigenvalue weighted by molar-refractivity contribution is -0.385. The number of rotatable bonds is 7. The maximum absolute atomic E-state index is 11.9. The van der Waals surface area contributed by atoms with Crippen LogP contribution in [0.15, 0.2) is 47.4 Å². The van der Waals surface area contributed by atoms with Crippen LogP contribution in [0.25, 0.3) is 0 Å². The van der Waals surface area contributed by atoms with Crippen molar-refractivity contribution in [2.45, 2.75) is 18.2 Å². The van der Waals surface area contributed by atoms with Crippen molar-refractivity contribution in [1.82, 2.24) is 0 Å². The molecule has 0 fully saturated rings. The van der Waals surface area contributed by atoms with Crippen molar-refractivity contribution in [2.75, 3.05) is 23.4 Å². The van der Waals surface area contributed by atoms with Crippen molar-refractivity contribution in [3.8, 4) is 0 Å². The largest absolute Gasteiger partial charge is 0.384 e. The summed E-state index contributed by atoms with van der Waals surface area (Å²) in [4.78, 5) is 21.1. The van der Waals surface area contributed by atoms with Crippen molar-refractivity contribution in [1.29, 1.82) is 0 Å². The number of benzene rings is 2. The summed E-state index contributed by atoms with van der Waals surface area (Å²) in [5.41, 5.74) is 1.75. The standard InChI is InChI=1S/C17H19N3O5S/c1-12(21)19-14-5-3-13(4-6-14)9-10-18-16-8-7-15(20(22)23)11-17(16)26(2,24)25/h3-8,11,18H,9-10H2,1-2H3,(H,19,21). The summed E-state index contributed by atoms with van der Waals surface area (Å²) in [6, 6.07) is 11.0. The molecule has 0 spiro atoms. The quantitative estimate of drug-likeness (QED) is 0.565. The first-order valence-corrected chi connectivity index (χ1v) is 9.65. The lowest BCUT2D eigenvalue weighted by Crippen LogP contribution is -2.10. The molecule has 0 unspecified atom stereocenters. The molecule has 0 saturated heterocycles. The van der Waals surface area contributed by atoms with E-state index in [4.69, 9.17) is 0 Å². The predicted molar refractivity (Wildman–Crippen MR) is 99.1 cm³/mol. The number of nitro groups is 1. The fourth-order valence-electron chi connectivity index (χ4n) is 2.38. The van der Waals surface area contributed by atoms with Gasteiger partial charge in [-0.25, -0.2) is 8.42 Å². The van der Waals surface area contributed by atoms with E-state index in [0.717, 1.165) is 17.9 Å². The lowest BCUT2D eigenvalue weighted by atomic mass is 10.1. The Bertz CT molecular complexity index is 924. The lowest BCUT2D eigenvalue weighted by Gasteiger charge is -2.11. The first-order chi connectivity index (χ1) is 12.2. The van der Waals surface area contributed by atoms with E-state index in [1.165, 1.54) is 19.1 Å². The van der Waals surface area contributed by atoms with Gasteiger partial charge in [0.15, 0.2) is 9.84 Å². The molecule has 9 heteroatoms. The Kier molecular flexibility index (Phi) is 5.93. The van der Waals surface area contributed by atoms with Crippen molar-refractivity contribution in [3.63, 3.8) is 0 Å². The highest BCUT2D eigenvalue weighted by atomic mass is 32.2. The molecular weight excluding hydrogens is 358 g/mol. The van der Waals surface area contributed by atoms with Crippen LogP contribution in [0.1, 0.15) is 12.5 Å². The molecule has 0 saturated carbocycles. The van der Waals surface area contributed by atoms with Crippen molar-refractivity contribution < 1.29 is 18.1 Å². The topological polar surface area (TPSA) is 118 Å². The van der Waals surface area contributed by atoms with Crippen LogP contribution in [0, 0.1) is 10.1 Å². The van der Waals surface area contributed by atoms with E-state index in [0.29, 0.717) is 24.3 Å². The molecule has 0 aliphatic rings. The summed E-state index contributed by atoms with van der Waals surface area (Å²) in [6.07, 6.45) is 1.62. The van der Waals surface area contributed by atoms with Gasteiger partial charge >= 0.3 is 0 Å². The van der Waals surface area contributed by atoms with Gasteiger partial charge in [0.25, 0.3) is 5.69 Å². The van der Waals surface area contributed by atoms with Gasteiger partial charge in [0.2, 0.25) is 5.91 Å². The fourth-order valence-corrected chi connectivity index (χ4v) is 3.25. The summed E-state index contributed by atoms with van der Waals surface area (Å²) < 4.78 is 23.8. The molecule has 8 nitrogen and oxygen atoms in total. The van der Waals surface area contributed by atoms with Gasteiger partial charge in [0.05, 0.1) is 15.5 Å². The van der Waals surface area contributed by atoms with Crippen LogP contribution in [-0.4, -0.2) is 32.0 Å². The van der Waals surface area contributed by atoms with E-state index in [9.17, 15) is 23.3 Å². The molecule has 0 bridgehead atoms. The SMILES string of the molecule is CC(=O)Nc1ccc(CCNc2ccc([N+](=O)[O-])cc2S(C)(=O)=O)cc1. The minimum absolute atomic E-state index is 0.104. The number of nitro benzene ring substituents is 1. The summed E-state index contributed by atoms with van der Waals surface area (Å²) in [7, 11) is -3.61. The molecular formula is C17H19N3O5S. The van der Waals surface area contributed by atoms with Gasteiger partial charge in [-0.2, -0.15) is 0 Å². The average Bonchev–Trinajstić information content (AvgIpc) is 2.55. The van der Waals surface area contributed by atoms with Gasteiger partial charge in [-0.3, -0.25) is 14.9 Å². The highest BCUT2D eigenvalue weighted by Gasteiger charge is 2.18. The molecule has 138 valence electrons. The van der Waals surface area contributed by atoms with Gasteiger partial charge in [0.1, 0.15) is 0 Å². The number of carbonyl (C=O) groups is 1. The average molecular weight is 377 g/mol. The van der Waals surface area contributed by atoms with E-state index >= 15 is 0 Å². The Morgan fingerprint density at radius 1 is 1.15 bits per heavy atom. The number of hydrogen-bond donors (Lipinski definition) is 2. The van der Waals surface area contributed by atoms with Crippen molar-refractivity contribution in [2.24, 2.45) is 0 Å². The summed E-state index contributed by atoms with van der Waals surface area (Å²) >= 11 is 0. The summed E-state index contributed by atoms with van der Waals surface area (Å²) in [5, 5.41) is 16.5. The second kappa shape index (κ2) is 7.96. The Labute approximate surface area is 151 Å². The summed E-state index contributed by atoms with van der Waals surface area (Å²) in [6.45, 7) is 1.88. The minimum atomic E-state index is -3.61. The zero-order chi connectivity index (χ0) is 19.3. The van der Waals surface area contributed by atoms with Crippen LogP contribution >= 0.6 is 0 Å². The van der Waals surface area contributed by atoms with Crippen LogP contribution in [0.5, 0.6) is 0 Å². The maximum Gasteiger partial charge on any atom is 0.270 e. The Morgan fingerprint density at radius 3 is 2.35 bits per heavy atom. The van der Waals surface area contributed by atoms with Crippen molar-refractivity contribution in [3.05, 3.63) is 58.1 Å². The fraction of sp³-hybridized carbons (Fsp3) is 0.235. The van der Waals surface area contributed by atoms with E-state index < -0.39 is 14.8 Å². The number of hydrogen-bond acceptors (Lipinski definition) is 6. The molecule has 0 atom stereocenters. The number of carbonyl (C=O) groups excluding carboxylic acids is 1. The molecule has 2 aromatic carbocycles. The molecule has 2 N–H and O–H groups in total. The normalized spacial score (nSPS) is 11.0. The predicted octanol–water partition coefficient (Wildman–Crippen LogP) is 2.61. The van der Waals surface area contributed by atoms with Crippen LogP contribution in [0.2, 0.25) is 0 Å². The maximum atomic E-state index is 11.9. The molecule has 1 amide bonds. The van der Waals surface area contributed by atoms with Crippen molar-refractivity contribution >= 4 is 32.8 Å².